The molecule has 252 valence electrons. The topological polar surface area (TPSA) is 38.7 Å². The number of hydrogen-bond donors (Lipinski definition) is 0. The Morgan fingerprint density at radius 1 is 0.259 bits per heavy atom. The third kappa shape index (κ3) is 5.78. The molecule has 2 aromatic heterocycles. The van der Waals surface area contributed by atoms with E-state index in [1.54, 1.807) is 0 Å². The van der Waals surface area contributed by atoms with Gasteiger partial charge in [-0.15, -0.1) is 0 Å². The smallest absolute Gasteiger partial charge is 0.160 e. The molecule has 2 heterocycles. The third-order valence-corrected chi connectivity index (χ3v) is 10.3. The molecule has 3 nitrogen and oxygen atoms in total. The van der Waals surface area contributed by atoms with Gasteiger partial charge in [0.1, 0.15) is 0 Å². The first-order valence-corrected chi connectivity index (χ1v) is 18.3. The number of pyridine rings is 1. The lowest BCUT2D eigenvalue weighted by Crippen LogP contribution is -1.96. The molecule has 0 aliphatic heterocycles. The third-order valence-electron chi connectivity index (χ3n) is 10.3. The van der Waals surface area contributed by atoms with Crippen LogP contribution in [-0.2, 0) is 0 Å². The predicted molar refractivity (Wildman–Crippen MR) is 225 cm³/mol. The van der Waals surface area contributed by atoms with Crippen LogP contribution in [0, 0.1) is 0 Å². The first-order chi connectivity index (χ1) is 26.7. The van der Waals surface area contributed by atoms with Crippen molar-refractivity contribution < 1.29 is 0 Å². The van der Waals surface area contributed by atoms with E-state index in [1.165, 1.54) is 27.1 Å². The first kappa shape index (κ1) is 31.5. The van der Waals surface area contributed by atoms with Gasteiger partial charge in [-0.25, -0.2) is 15.0 Å². The van der Waals surface area contributed by atoms with Crippen molar-refractivity contribution in [3.8, 4) is 67.4 Å². The molecule has 0 radical (unpaired) electrons. The van der Waals surface area contributed by atoms with Crippen molar-refractivity contribution in [1.82, 2.24) is 15.0 Å². The van der Waals surface area contributed by atoms with Crippen molar-refractivity contribution in [3.05, 3.63) is 200 Å². The fourth-order valence-corrected chi connectivity index (χ4v) is 7.58. The van der Waals surface area contributed by atoms with Crippen LogP contribution >= 0.6 is 0 Å². The molecule has 0 N–H and O–H groups in total. The Morgan fingerprint density at radius 3 is 1.43 bits per heavy atom. The molecule has 0 aliphatic carbocycles. The zero-order chi connectivity index (χ0) is 35.8. The molecule has 10 rings (SSSR count). The van der Waals surface area contributed by atoms with E-state index < -0.39 is 0 Å². The lowest BCUT2D eigenvalue weighted by atomic mass is 9.92. The number of fused-ring (bicyclic) bond motifs is 3. The van der Waals surface area contributed by atoms with Gasteiger partial charge >= 0.3 is 0 Å². The van der Waals surface area contributed by atoms with Gasteiger partial charge in [0.05, 0.1) is 22.6 Å². The average molecular weight is 688 g/mol. The Bertz CT molecular complexity index is 2900. The average Bonchev–Trinajstić information content (AvgIpc) is 3.26. The van der Waals surface area contributed by atoms with Crippen LogP contribution < -0.4 is 0 Å². The van der Waals surface area contributed by atoms with E-state index in [1.807, 2.05) is 36.4 Å². The molecular weight excluding hydrogens is 655 g/mol. The Labute approximate surface area is 313 Å². The largest absolute Gasteiger partial charge is 0.248 e. The van der Waals surface area contributed by atoms with Crippen molar-refractivity contribution in [2.45, 2.75) is 0 Å². The lowest BCUT2D eigenvalue weighted by molar-refractivity contribution is 1.18. The molecule has 0 saturated carbocycles. The summed E-state index contributed by atoms with van der Waals surface area (Å²) in [5.74, 6) is 0.691. The second kappa shape index (κ2) is 13.4. The Kier molecular flexibility index (Phi) is 7.81. The van der Waals surface area contributed by atoms with Gasteiger partial charge in [0.15, 0.2) is 5.82 Å². The molecule has 0 unspecified atom stereocenters. The number of aromatic nitrogens is 3. The highest BCUT2D eigenvalue weighted by Crippen LogP contribution is 2.39. The van der Waals surface area contributed by atoms with Crippen LogP contribution in [0.2, 0.25) is 0 Å². The summed E-state index contributed by atoms with van der Waals surface area (Å²) in [4.78, 5) is 15.5. The molecular formula is C51H33N3. The highest BCUT2D eigenvalue weighted by atomic mass is 14.9. The van der Waals surface area contributed by atoms with Crippen LogP contribution in [0.4, 0.5) is 0 Å². The van der Waals surface area contributed by atoms with Crippen LogP contribution in [0.1, 0.15) is 0 Å². The zero-order valence-electron chi connectivity index (χ0n) is 29.4. The summed E-state index contributed by atoms with van der Waals surface area (Å²) in [5, 5.41) is 5.94. The van der Waals surface area contributed by atoms with E-state index in [4.69, 9.17) is 15.0 Å². The molecule has 0 amide bonds. The van der Waals surface area contributed by atoms with Crippen molar-refractivity contribution in [1.29, 1.82) is 0 Å². The van der Waals surface area contributed by atoms with Gasteiger partial charge in [-0.3, -0.25) is 0 Å². The van der Waals surface area contributed by atoms with Crippen LogP contribution in [0.25, 0.3) is 99.9 Å². The maximum absolute atomic E-state index is 5.30. The molecule has 0 fully saturated rings. The van der Waals surface area contributed by atoms with Gasteiger partial charge in [0.25, 0.3) is 0 Å². The summed E-state index contributed by atoms with van der Waals surface area (Å²) < 4.78 is 0. The number of rotatable bonds is 6. The minimum Gasteiger partial charge on any atom is -0.248 e. The van der Waals surface area contributed by atoms with Crippen LogP contribution in [0.15, 0.2) is 200 Å². The fraction of sp³-hybridized carbons (Fsp3) is 0. The van der Waals surface area contributed by atoms with Crippen molar-refractivity contribution >= 4 is 32.4 Å². The highest BCUT2D eigenvalue weighted by molar-refractivity contribution is 6.04. The quantitative estimate of drug-likeness (QED) is 0.175. The van der Waals surface area contributed by atoms with E-state index in [-0.39, 0.29) is 0 Å². The molecule has 10 aromatic rings. The molecule has 54 heavy (non-hydrogen) atoms. The lowest BCUT2D eigenvalue weighted by Gasteiger charge is -2.15. The predicted octanol–water partition coefficient (Wildman–Crippen LogP) is 13.3. The molecule has 0 spiro atoms. The van der Waals surface area contributed by atoms with Gasteiger partial charge in [-0.2, -0.15) is 0 Å². The van der Waals surface area contributed by atoms with Crippen LogP contribution in [-0.4, -0.2) is 15.0 Å². The SMILES string of the molecule is c1ccc(-c2cc(-c3ccccc3)nc(-c3ccc(-c4cc(-c5cccc6ccccc56)nc5ccc(-c6cccc7ccccc67)cc45)cc3)n2)cc1. The van der Waals surface area contributed by atoms with Crippen LogP contribution in [0.3, 0.4) is 0 Å². The molecule has 0 bridgehead atoms. The van der Waals surface area contributed by atoms with Gasteiger partial charge in [0, 0.05) is 27.6 Å². The number of nitrogens with zero attached hydrogens (tertiary/aromatic N) is 3. The molecule has 0 saturated heterocycles. The van der Waals surface area contributed by atoms with E-state index >= 15 is 0 Å². The monoisotopic (exact) mass is 687 g/mol. The Balaban J connectivity index is 1.14. The van der Waals surface area contributed by atoms with E-state index in [0.717, 1.165) is 66.9 Å². The first-order valence-electron chi connectivity index (χ1n) is 18.3. The maximum Gasteiger partial charge on any atom is 0.160 e. The summed E-state index contributed by atoms with van der Waals surface area (Å²) in [6.45, 7) is 0. The Morgan fingerprint density at radius 2 is 0.778 bits per heavy atom. The normalized spacial score (nSPS) is 11.3. The van der Waals surface area contributed by atoms with E-state index in [0.29, 0.717) is 5.82 Å². The van der Waals surface area contributed by atoms with Crippen LogP contribution in [0.5, 0.6) is 0 Å². The minimum atomic E-state index is 0.691. The highest BCUT2D eigenvalue weighted by Gasteiger charge is 2.16. The van der Waals surface area contributed by atoms with Gasteiger partial charge < -0.3 is 0 Å². The standard InChI is InChI=1S/C51H33N3/c1-3-15-37(16-4-1)48-33-49(38-17-5-2-6-18-38)54-51(53-48)39-27-25-36(26-28-39)45-32-50(44-24-12-20-35-14-8-10-22-42(35)44)52-47-30-29-40(31-46(45)47)43-23-11-19-34-13-7-9-21-41(34)43/h1-33H. The molecule has 8 aromatic carbocycles. The second-order valence-electron chi connectivity index (χ2n) is 13.6. The van der Waals surface area contributed by atoms with E-state index in [2.05, 4.69) is 164 Å². The van der Waals surface area contributed by atoms with Crippen molar-refractivity contribution in [2.75, 3.05) is 0 Å². The fourth-order valence-electron chi connectivity index (χ4n) is 7.58. The minimum absolute atomic E-state index is 0.691. The summed E-state index contributed by atoms with van der Waals surface area (Å²) in [6, 6.07) is 70.4. The summed E-state index contributed by atoms with van der Waals surface area (Å²) in [5.41, 5.74) is 12.5. The van der Waals surface area contributed by atoms with Gasteiger partial charge in [-0.1, -0.05) is 176 Å². The molecule has 0 atom stereocenters. The maximum atomic E-state index is 5.30. The summed E-state index contributed by atoms with van der Waals surface area (Å²) in [6.07, 6.45) is 0. The number of benzene rings is 8. The van der Waals surface area contributed by atoms with Gasteiger partial charge in [-0.05, 0) is 68.1 Å². The summed E-state index contributed by atoms with van der Waals surface area (Å²) >= 11 is 0. The molecule has 3 heteroatoms. The number of hydrogen-bond acceptors (Lipinski definition) is 3. The summed E-state index contributed by atoms with van der Waals surface area (Å²) in [7, 11) is 0. The van der Waals surface area contributed by atoms with Gasteiger partial charge in [0.2, 0.25) is 0 Å². The van der Waals surface area contributed by atoms with Crippen molar-refractivity contribution in [2.24, 2.45) is 0 Å². The van der Waals surface area contributed by atoms with Crippen molar-refractivity contribution in [3.63, 3.8) is 0 Å². The molecule has 0 aliphatic rings. The second-order valence-corrected chi connectivity index (χ2v) is 13.6. The Hall–Kier alpha value is -7.23. The van der Waals surface area contributed by atoms with E-state index in [9.17, 15) is 0 Å². The zero-order valence-corrected chi connectivity index (χ0v) is 29.4.